The molecule has 0 aromatic heterocycles. The standard InChI is InChI=1S/C26H38O6/c1-4-5-20-6-8-21(9-7-20)22-10-12-23(13-11-22)24(16-31-25(29)18(2)14-27)17-32-26(30)19(3)15-28/h10-13,20-21,24-25,27-29H,2-9,14-17H2,1H3. The van der Waals surface area contributed by atoms with Gasteiger partial charge in [0.05, 0.1) is 25.4 Å². The highest BCUT2D eigenvalue weighted by Crippen LogP contribution is 2.37. The van der Waals surface area contributed by atoms with E-state index >= 15 is 0 Å². The largest absolute Gasteiger partial charge is 0.462 e. The molecule has 1 aromatic carbocycles. The van der Waals surface area contributed by atoms with E-state index in [2.05, 4.69) is 32.2 Å². The third kappa shape index (κ3) is 7.85. The number of carbonyl (C=O) groups is 1. The minimum Gasteiger partial charge on any atom is -0.462 e. The van der Waals surface area contributed by atoms with Crippen LogP contribution < -0.4 is 0 Å². The highest BCUT2D eigenvalue weighted by atomic mass is 16.6. The fourth-order valence-electron chi connectivity index (χ4n) is 4.22. The number of benzene rings is 1. The quantitative estimate of drug-likeness (QED) is 0.185. The molecule has 6 heteroatoms. The highest BCUT2D eigenvalue weighted by Gasteiger charge is 2.23. The Labute approximate surface area is 191 Å². The maximum absolute atomic E-state index is 11.9. The van der Waals surface area contributed by atoms with Crippen molar-refractivity contribution in [3.63, 3.8) is 0 Å². The van der Waals surface area contributed by atoms with Gasteiger partial charge in [0, 0.05) is 11.5 Å². The minimum absolute atomic E-state index is 0.0116. The molecular formula is C26H38O6. The molecule has 0 bridgehead atoms. The molecule has 1 fully saturated rings. The van der Waals surface area contributed by atoms with E-state index in [-0.39, 0.29) is 36.9 Å². The molecule has 2 rings (SSSR count). The average Bonchev–Trinajstić information content (AvgIpc) is 2.83. The zero-order chi connectivity index (χ0) is 23.5. The van der Waals surface area contributed by atoms with Crippen molar-refractivity contribution in [1.29, 1.82) is 0 Å². The Morgan fingerprint density at radius 1 is 1.06 bits per heavy atom. The molecule has 3 N–H and O–H groups in total. The number of carbonyl (C=O) groups excluding carboxylic acids is 1. The number of hydrogen-bond acceptors (Lipinski definition) is 6. The summed E-state index contributed by atoms with van der Waals surface area (Å²) in [5.74, 6) is 0.437. The Morgan fingerprint density at radius 2 is 1.72 bits per heavy atom. The summed E-state index contributed by atoms with van der Waals surface area (Å²) in [7, 11) is 0. The summed E-state index contributed by atoms with van der Waals surface area (Å²) in [6.07, 6.45) is 6.28. The van der Waals surface area contributed by atoms with Gasteiger partial charge in [0.2, 0.25) is 0 Å². The number of aliphatic hydroxyl groups is 3. The first-order valence-electron chi connectivity index (χ1n) is 11.5. The summed E-state index contributed by atoms with van der Waals surface area (Å²) in [6, 6.07) is 8.29. The molecule has 178 valence electrons. The van der Waals surface area contributed by atoms with Crippen LogP contribution >= 0.6 is 0 Å². The van der Waals surface area contributed by atoms with Crippen LogP contribution in [0.2, 0.25) is 0 Å². The van der Waals surface area contributed by atoms with Crippen LogP contribution in [0.15, 0.2) is 48.6 Å². The predicted octanol–water partition coefficient (Wildman–Crippen LogP) is 3.82. The fraction of sp³-hybridized carbons (Fsp3) is 0.577. The lowest BCUT2D eigenvalue weighted by Gasteiger charge is -2.29. The molecule has 32 heavy (non-hydrogen) atoms. The average molecular weight is 447 g/mol. The van der Waals surface area contributed by atoms with Gasteiger partial charge in [-0.15, -0.1) is 0 Å². The van der Waals surface area contributed by atoms with Crippen molar-refractivity contribution < 1.29 is 29.6 Å². The van der Waals surface area contributed by atoms with Crippen molar-refractivity contribution in [3.05, 3.63) is 59.7 Å². The van der Waals surface area contributed by atoms with Crippen LogP contribution in [0.5, 0.6) is 0 Å². The molecular weight excluding hydrogens is 408 g/mol. The van der Waals surface area contributed by atoms with Gasteiger partial charge in [0.1, 0.15) is 6.61 Å². The van der Waals surface area contributed by atoms with E-state index in [1.54, 1.807) is 0 Å². The van der Waals surface area contributed by atoms with E-state index in [0.717, 1.165) is 11.5 Å². The van der Waals surface area contributed by atoms with Gasteiger partial charge in [-0.05, 0) is 48.6 Å². The van der Waals surface area contributed by atoms with E-state index in [1.165, 1.54) is 44.1 Å². The summed E-state index contributed by atoms with van der Waals surface area (Å²) in [5.41, 5.74) is 2.37. The lowest BCUT2D eigenvalue weighted by atomic mass is 9.77. The van der Waals surface area contributed by atoms with Crippen LogP contribution in [0.25, 0.3) is 0 Å². The van der Waals surface area contributed by atoms with Crippen LogP contribution in [0.4, 0.5) is 0 Å². The smallest absolute Gasteiger partial charge is 0.335 e. The zero-order valence-corrected chi connectivity index (χ0v) is 19.2. The molecule has 1 aromatic rings. The number of hydrogen-bond donors (Lipinski definition) is 3. The topological polar surface area (TPSA) is 96.2 Å². The van der Waals surface area contributed by atoms with Crippen LogP contribution in [-0.4, -0.2) is 54.0 Å². The number of aliphatic hydroxyl groups excluding tert-OH is 3. The Kier molecular flexibility index (Phi) is 11.1. The van der Waals surface area contributed by atoms with Gasteiger partial charge in [-0.1, -0.05) is 57.2 Å². The molecule has 1 aliphatic rings. The molecule has 0 saturated heterocycles. The number of ether oxygens (including phenoxy) is 2. The lowest BCUT2D eigenvalue weighted by molar-refractivity contribution is -0.141. The van der Waals surface area contributed by atoms with Gasteiger partial charge in [-0.2, -0.15) is 0 Å². The second-order valence-electron chi connectivity index (χ2n) is 8.73. The first kappa shape index (κ1) is 26.3. The highest BCUT2D eigenvalue weighted by molar-refractivity contribution is 5.87. The molecule has 0 aliphatic heterocycles. The number of rotatable bonds is 13. The molecule has 1 saturated carbocycles. The number of esters is 1. The third-order valence-electron chi connectivity index (χ3n) is 6.33. The summed E-state index contributed by atoms with van der Waals surface area (Å²) < 4.78 is 10.7. The van der Waals surface area contributed by atoms with Gasteiger partial charge in [0.15, 0.2) is 6.29 Å². The van der Waals surface area contributed by atoms with Crippen molar-refractivity contribution in [3.8, 4) is 0 Å². The SMILES string of the molecule is C=C(CO)C(=O)OCC(COC(O)C(=C)CO)c1ccc(C2CCC(CCC)CC2)cc1. The van der Waals surface area contributed by atoms with Crippen LogP contribution in [0.1, 0.15) is 68.4 Å². The molecule has 0 radical (unpaired) electrons. The third-order valence-corrected chi connectivity index (χ3v) is 6.33. The van der Waals surface area contributed by atoms with Crippen molar-refractivity contribution in [1.82, 2.24) is 0 Å². The second kappa shape index (κ2) is 13.5. The second-order valence-corrected chi connectivity index (χ2v) is 8.73. The molecule has 0 heterocycles. The first-order chi connectivity index (χ1) is 15.4. The Bertz CT molecular complexity index is 733. The predicted molar refractivity (Wildman–Crippen MR) is 124 cm³/mol. The molecule has 0 spiro atoms. The van der Waals surface area contributed by atoms with Gasteiger partial charge < -0.3 is 24.8 Å². The molecule has 2 atom stereocenters. The van der Waals surface area contributed by atoms with E-state index in [9.17, 15) is 9.90 Å². The van der Waals surface area contributed by atoms with Crippen molar-refractivity contribution in [2.75, 3.05) is 26.4 Å². The maximum Gasteiger partial charge on any atom is 0.335 e. The maximum atomic E-state index is 11.9. The van der Waals surface area contributed by atoms with Crippen molar-refractivity contribution in [2.24, 2.45) is 5.92 Å². The monoisotopic (exact) mass is 446 g/mol. The first-order valence-corrected chi connectivity index (χ1v) is 11.5. The Morgan fingerprint density at radius 3 is 2.28 bits per heavy atom. The van der Waals surface area contributed by atoms with Crippen molar-refractivity contribution >= 4 is 5.97 Å². The summed E-state index contributed by atoms with van der Waals surface area (Å²) in [4.78, 5) is 11.9. The van der Waals surface area contributed by atoms with Crippen LogP contribution in [0, 0.1) is 5.92 Å². The van der Waals surface area contributed by atoms with Crippen molar-refractivity contribution in [2.45, 2.75) is 63.6 Å². The summed E-state index contributed by atoms with van der Waals surface area (Å²) in [6.45, 7) is 8.52. The van der Waals surface area contributed by atoms with Gasteiger partial charge in [0.25, 0.3) is 0 Å². The minimum atomic E-state index is -1.30. The fourth-order valence-corrected chi connectivity index (χ4v) is 4.22. The van der Waals surface area contributed by atoms with Crippen LogP contribution in [-0.2, 0) is 14.3 Å². The molecule has 6 nitrogen and oxygen atoms in total. The van der Waals surface area contributed by atoms with Gasteiger partial charge >= 0.3 is 5.97 Å². The summed E-state index contributed by atoms with van der Waals surface area (Å²) >= 11 is 0. The molecule has 0 amide bonds. The van der Waals surface area contributed by atoms with Gasteiger partial charge in [-0.3, -0.25) is 0 Å². The normalized spacial score (nSPS) is 20.4. The van der Waals surface area contributed by atoms with E-state index < -0.39 is 18.9 Å². The summed E-state index contributed by atoms with van der Waals surface area (Å²) in [5, 5.41) is 28.1. The van der Waals surface area contributed by atoms with E-state index in [1.807, 2.05) is 12.1 Å². The Hall–Kier alpha value is -1.99. The zero-order valence-electron chi connectivity index (χ0n) is 19.2. The van der Waals surface area contributed by atoms with Crippen LogP contribution in [0.3, 0.4) is 0 Å². The van der Waals surface area contributed by atoms with E-state index in [0.29, 0.717) is 5.92 Å². The lowest BCUT2D eigenvalue weighted by Crippen LogP contribution is -2.24. The molecule has 1 aliphatic carbocycles. The van der Waals surface area contributed by atoms with E-state index in [4.69, 9.17) is 19.7 Å². The van der Waals surface area contributed by atoms with Gasteiger partial charge in [-0.25, -0.2) is 4.79 Å². The Balaban J connectivity index is 2.04. The molecule has 2 unspecified atom stereocenters.